The average Bonchev–Trinajstić information content (AvgIpc) is 2.01. The summed E-state index contributed by atoms with van der Waals surface area (Å²) in [6, 6.07) is 0. The van der Waals surface area contributed by atoms with E-state index in [1.807, 2.05) is 0 Å². The Morgan fingerprint density at radius 2 is 1.40 bits per heavy atom. The molecule has 0 aliphatic carbocycles. The first-order chi connectivity index (χ1) is 6.48. The minimum Gasteiger partial charge on any atom is -0.253 e. The molecule has 0 rings (SSSR count). The van der Waals surface area contributed by atoms with Crippen molar-refractivity contribution in [3.05, 3.63) is 0 Å². The van der Waals surface area contributed by atoms with Gasteiger partial charge in [-0.3, -0.25) is 4.74 Å². The van der Waals surface area contributed by atoms with Gasteiger partial charge in [-0.25, -0.2) is 0 Å². The monoisotopic (exact) mass is 246 g/mol. The molecule has 0 aromatic carbocycles. The molecule has 1 nitrogen and oxygen atoms in total. The summed E-state index contributed by atoms with van der Waals surface area (Å²) in [5.74, 6) is -11.1. The predicted molar refractivity (Wildman–Crippen MR) is 32.2 cm³/mol. The van der Waals surface area contributed by atoms with E-state index in [4.69, 9.17) is 0 Å². The SMILES string of the molecule is CCC(F)(F)C(F)(F)C(F)(F)OC(F)F. The number of hydrogen-bond acceptors (Lipinski definition) is 1. The van der Waals surface area contributed by atoms with Gasteiger partial charge in [0, 0.05) is 6.42 Å². The van der Waals surface area contributed by atoms with Crippen LogP contribution in [0.25, 0.3) is 0 Å². The summed E-state index contributed by atoms with van der Waals surface area (Å²) in [7, 11) is 0. The smallest absolute Gasteiger partial charge is 0.253 e. The Morgan fingerprint density at radius 3 is 1.67 bits per heavy atom. The van der Waals surface area contributed by atoms with Crippen LogP contribution in [0.3, 0.4) is 0 Å². The highest BCUT2D eigenvalue weighted by molar-refractivity contribution is 4.90. The molecule has 0 bridgehead atoms. The third kappa shape index (κ3) is 2.70. The van der Waals surface area contributed by atoms with Gasteiger partial charge in [0.05, 0.1) is 0 Å². The van der Waals surface area contributed by atoms with Crippen molar-refractivity contribution in [3.63, 3.8) is 0 Å². The van der Waals surface area contributed by atoms with Crippen LogP contribution in [0, 0.1) is 0 Å². The molecule has 0 heterocycles. The molecule has 0 N–H and O–H groups in total. The molecule has 15 heavy (non-hydrogen) atoms. The van der Waals surface area contributed by atoms with Crippen LogP contribution in [0.5, 0.6) is 0 Å². The normalized spacial score (nSPS) is 14.8. The molecule has 0 saturated carbocycles. The van der Waals surface area contributed by atoms with Crippen molar-refractivity contribution >= 4 is 0 Å². The molecule has 9 heteroatoms. The van der Waals surface area contributed by atoms with Crippen LogP contribution < -0.4 is 0 Å². The quantitative estimate of drug-likeness (QED) is 0.674. The maximum Gasteiger partial charge on any atom is 0.430 e. The van der Waals surface area contributed by atoms with E-state index in [0.29, 0.717) is 6.92 Å². The Hall–Kier alpha value is -0.600. The summed E-state index contributed by atoms with van der Waals surface area (Å²) in [5.41, 5.74) is 0. The zero-order valence-electron chi connectivity index (χ0n) is 7.22. The number of rotatable bonds is 5. The van der Waals surface area contributed by atoms with Crippen LogP contribution in [0.4, 0.5) is 35.1 Å². The second-order valence-corrected chi connectivity index (χ2v) is 2.53. The topological polar surface area (TPSA) is 9.23 Å². The summed E-state index contributed by atoms with van der Waals surface area (Å²) in [6.07, 6.45) is -7.57. The van der Waals surface area contributed by atoms with Gasteiger partial charge >= 0.3 is 24.6 Å². The van der Waals surface area contributed by atoms with Gasteiger partial charge in [0.25, 0.3) is 0 Å². The highest BCUT2D eigenvalue weighted by Crippen LogP contribution is 2.48. The van der Waals surface area contributed by atoms with Gasteiger partial charge in [-0.05, 0) is 0 Å². The van der Waals surface area contributed by atoms with Gasteiger partial charge in [-0.2, -0.15) is 35.1 Å². The van der Waals surface area contributed by atoms with E-state index >= 15 is 0 Å². The van der Waals surface area contributed by atoms with Crippen LogP contribution >= 0.6 is 0 Å². The van der Waals surface area contributed by atoms with Crippen molar-refractivity contribution < 1.29 is 39.9 Å². The van der Waals surface area contributed by atoms with Crippen molar-refractivity contribution in [3.8, 4) is 0 Å². The second-order valence-electron chi connectivity index (χ2n) is 2.53. The molecule has 0 radical (unpaired) electrons. The summed E-state index contributed by atoms with van der Waals surface area (Å²) in [6.45, 7) is -3.77. The van der Waals surface area contributed by atoms with Crippen LogP contribution in [0.1, 0.15) is 13.3 Å². The summed E-state index contributed by atoms with van der Waals surface area (Å²) in [5, 5.41) is 0. The van der Waals surface area contributed by atoms with E-state index in [0.717, 1.165) is 0 Å². The third-order valence-corrected chi connectivity index (χ3v) is 1.51. The average molecular weight is 246 g/mol. The van der Waals surface area contributed by atoms with Gasteiger partial charge < -0.3 is 0 Å². The van der Waals surface area contributed by atoms with E-state index in [1.165, 1.54) is 0 Å². The van der Waals surface area contributed by atoms with Gasteiger partial charge in [0.2, 0.25) is 0 Å². The molecular formula is C6H6F8O. The lowest BCUT2D eigenvalue weighted by Gasteiger charge is -2.31. The number of hydrogen-bond donors (Lipinski definition) is 0. The minimum atomic E-state index is -5.99. The fourth-order valence-electron chi connectivity index (χ4n) is 0.621. The second kappa shape index (κ2) is 4.11. The van der Waals surface area contributed by atoms with E-state index in [-0.39, 0.29) is 0 Å². The molecule has 0 fully saturated rings. The molecule has 0 atom stereocenters. The fourth-order valence-corrected chi connectivity index (χ4v) is 0.621. The maximum absolute atomic E-state index is 12.4. The van der Waals surface area contributed by atoms with Gasteiger partial charge in [0.15, 0.2) is 0 Å². The molecule has 0 aliphatic rings. The van der Waals surface area contributed by atoms with Crippen LogP contribution in [-0.4, -0.2) is 24.6 Å². The van der Waals surface area contributed by atoms with Crippen LogP contribution in [-0.2, 0) is 4.74 Å². The zero-order valence-corrected chi connectivity index (χ0v) is 7.22. The molecule has 0 unspecified atom stereocenters. The van der Waals surface area contributed by atoms with E-state index in [9.17, 15) is 35.1 Å². The molecule has 92 valence electrons. The lowest BCUT2D eigenvalue weighted by Crippen LogP contribution is -2.55. The Morgan fingerprint density at radius 1 is 1.00 bits per heavy atom. The summed E-state index contributed by atoms with van der Waals surface area (Å²) >= 11 is 0. The molecule has 0 spiro atoms. The highest BCUT2D eigenvalue weighted by Gasteiger charge is 2.72. The first-order valence-electron chi connectivity index (χ1n) is 3.57. The van der Waals surface area contributed by atoms with Crippen molar-refractivity contribution in [1.29, 1.82) is 0 Å². The zero-order chi connectivity index (χ0) is 12.5. The van der Waals surface area contributed by atoms with Gasteiger partial charge in [0.1, 0.15) is 0 Å². The minimum absolute atomic E-state index is 0.506. The van der Waals surface area contributed by atoms with Crippen molar-refractivity contribution in [2.75, 3.05) is 0 Å². The van der Waals surface area contributed by atoms with E-state index < -0.39 is 31.0 Å². The van der Waals surface area contributed by atoms with E-state index in [1.54, 1.807) is 0 Å². The molecular weight excluding hydrogens is 240 g/mol. The van der Waals surface area contributed by atoms with Crippen molar-refractivity contribution in [1.82, 2.24) is 0 Å². The molecule has 0 aromatic rings. The Bertz CT molecular complexity index is 213. The number of ether oxygens (including phenoxy) is 1. The Labute approximate surface area is 79.0 Å². The largest absolute Gasteiger partial charge is 0.430 e. The first-order valence-corrected chi connectivity index (χ1v) is 3.57. The fraction of sp³-hybridized carbons (Fsp3) is 1.00. The Kier molecular flexibility index (Phi) is 3.94. The number of halogens is 8. The highest BCUT2D eigenvalue weighted by atomic mass is 19.4. The van der Waals surface area contributed by atoms with Crippen LogP contribution in [0.15, 0.2) is 0 Å². The molecule has 0 amide bonds. The van der Waals surface area contributed by atoms with Gasteiger partial charge in [-0.1, -0.05) is 6.92 Å². The lowest BCUT2D eigenvalue weighted by molar-refractivity contribution is -0.430. The van der Waals surface area contributed by atoms with Crippen molar-refractivity contribution in [2.45, 2.75) is 37.9 Å². The molecule has 0 saturated heterocycles. The third-order valence-electron chi connectivity index (χ3n) is 1.51. The standard InChI is InChI=1S/C6H6F8O/c1-2-4(9,10)5(11,12)6(13,14)15-3(7)8/h3H,2H2,1H3. The Balaban J connectivity index is 5.00. The molecule has 0 aromatic heterocycles. The van der Waals surface area contributed by atoms with Gasteiger partial charge in [-0.15, -0.1) is 0 Å². The van der Waals surface area contributed by atoms with Crippen LogP contribution in [0.2, 0.25) is 0 Å². The number of alkyl halides is 8. The summed E-state index contributed by atoms with van der Waals surface area (Å²) < 4.78 is 98.6. The molecule has 0 aliphatic heterocycles. The predicted octanol–water partition coefficient (Wildman–Crippen LogP) is 3.50. The summed E-state index contributed by atoms with van der Waals surface area (Å²) in [4.78, 5) is 0. The van der Waals surface area contributed by atoms with E-state index in [2.05, 4.69) is 4.74 Å². The van der Waals surface area contributed by atoms with Crippen molar-refractivity contribution in [2.24, 2.45) is 0 Å². The first kappa shape index (κ1) is 14.4. The lowest BCUT2D eigenvalue weighted by atomic mass is 10.1. The maximum atomic E-state index is 12.4.